The fraction of sp³-hybridized carbons (Fsp3) is 0.481. The molecule has 0 aromatic heterocycles. The summed E-state index contributed by atoms with van der Waals surface area (Å²) in [5, 5.41) is 9.42. The summed E-state index contributed by atoms with van der Waals surface area (Å²) in [6.45, 7) is 11.6. The van der Waals surface area contributed by atoms with E-state index in [0.717, 1.165) is 16.8 Å². The standard InChI is InChI=1S/C27H36N2O6Si/c1-27(2,3)36(4,5)34-18-22-14-20-13-21(28-15-23(16-30)35-25(28)31)11-12-24(20)29(22)26(32)33-17-19-9-7-6-8-10-19/h6-13,22-23,30H,14-18H2,1-5H3. The van der Waals surface area contributed by atoms with Crippen LogP contribution in [0.5, 0.6) is 0 Å². The highest BCUT2D eigenvalue weighted by atomic mass is 28.4. The Labute approximate surface area is 213 Å². The molecule has 2 aromatic rings. The van der Waals surface area contributed by atoms with Gasteiger partial charge in [-0.3, -0.25) is 9.80 Å². The second-order valence-electron chi connectivity index (χ2n) is 11.0. The zero-order valence-electron chi connectivity index (χ0n) is 21.7. The first-order valence-electron chi connectivity index (χ1n) is 12.4. The zero-order valence-corrected chi connectivity index (χ0v) is 22.7. The van der Waals surface area contributed by atoms with Crippen molar-refractivity contribution >= 4 is 31.9 Å². The summed E-state index contributed by atoms with van der Waals surface area (Å²) in [7, 11) is -2.04. The van der Waals surface area contributed by atoms with E-state index in [1.54, 1.807) is 11.0 Å². The Balaban J connectivity index is 1.57. The fourth-order valence-corrected chi connectivity index (χ4v) is 5.24. The Morgan fingerprint density at radius 3 is 2.53 bits per heavy atom. The molecule has 8 nitrogen and oxygen atoms in total. The molecule has 1 fully saturated rings. The third-order valence-electron chi connectivity index (χ3n) is 7.38. The monoisotopic (exact) mass is 512 g/mol. The molecule has 0 bridgehead atoms. The van der Waals surface area contributed by atoms with Gasteiger partial charge < -0.3 is 19.0 Å². The van der Waals surface area contributed by atoms with Crippen LogP contribution in [0.15, 0.2) is 48.5 Å². The van der Waals surface area contributed by atoms with Crippen molar-refractivity contribution in [2.75, 3.05) is 29.6 Å². The Bertz CT molecular complexity index is 1100. The second kappa shape index (κ2) is 10.2. The summed E-state index contributed by atoms with van der Waals surface area (Å²) in [5.74, 6) is 0. The number of rotatable bonds is 7. The van der Waals surface area contributed by atoms with Gasteiger partial charge in [-0.25, -0.2) is 9.59 Å². The highest BCUT2D eigenvalue weighted by Gasteiger charge is 2.41. The molecule has 0 spiro atoms. The first-order chi connectivity index (χ1) is 17.0. The van der Waals surface area contributed by atoms with Gasteiger partial charge in [0.25, 0.3) is 0 Å². The molecule has 0 saturated carbocycles. The van der Waals surface area contributed by atoms with Crippen molar-refractivity contribution in [3.8, 4) is 0 Å². The van der Waals surface area contributed by atoms with Crippen LogP contribution in [0.2, 0.25) is 18.1 Å². The number of ether oxygens (including phenoxy) is 2. The molecule has 2 amide bonds. The molecule has 2 atom stereocenters. The molecule has 2 aliphatic rings. The Hall–Kier alpha value is -2.88. The maximum Gasteiger partial charge on any atom is 0.414 e. The minimum atomic E-state index is -2.04. The summed E-state index contributed by atoms with van der Waals surface area (Å²) < 4.78 is 17.4. The summed E-state index contributed by atoms with van der Waals surface area (Å²) in [6.07, 6.45) is -0.857. The van der Waals surface area contributed by atoms with Gasteiger partial charge in [0.1, 0.15) is 12.7 Å². The number of nitrogens with zero attached hydrogens (tertiary/aromatic N) is 2. The van der Waals surface area contributed by atoms with E-state index in [2.05, 4.69) is 33.9 Å². The number of aliphatic hydroxyl groups excluding tert-OH is 1. The number of benzene rings is 2. The van der Waals surface area contributed by atoms with Crippen molar-refractivity contribution in [2.45, 2.75) is 64.1 Å². The molecule has 194 valence electrons. The number of carbonyl (C=O) groups excluding carboxylic acids is 2. The number of amides is 2. The van der Waals surface area contributed by atoms with Crippen LogP contribution in [0.4, 0.5) is 21.0 Å². The maximum absolute atomic E-state index is 13.3. The van der Waals surface area contributed by atoms with Crippen LogP contribution in [0.3, 0.4) is 0 Å². The van der Waals surface area contributed by atoms with Crippen LogP contribution in [0, 0.1) is 0 Å². The lowest BCUT2D eigenvalue weighted by atomic mass is 10.1. The van der Waals surface area contributed by atoms with Gasteiger partial charge in [-0.15, -0.1) is 0 Å². The van der Waals surface area contributed by atoms with Gasteiger partial charge in [-0.05, 0) is 53.9 Å². The maximum atomic E-state index is 13.3. The molecule has 1 saturated heterocycles. The third-order valence-corrected chi connectivity index (χ3v) is 11.9. The minimum Gasteiger partial charge on any atom is -0.444 e. The van der Waals surface area contributed by atoms with Crippen LogP contribution < -0.4 is 9.80 Å². The largest absolute Gasteiger partial charge is 0.444 e. The second-order valence-corrected chi connectivity index (χ2v) is 15.8. The van der Waals surface area contributed by atoms with Crippen LogP contribution in [0.25, 0.3) is 0 Å². The summed E-state index contributed by atoms with van der Waals surface area (Å²) in [4.78, 5) is 28.8. The molecule has 2 heterocycles. The average Bonchev–Trinajstić information content (AvgIpc) is 3.40. The molecule has 36 heavy (non-hydrogen) atoms. The van der Waals surface area contributed by atoms with E-state index >= 15 is 0 Å². The predicted octanol–water partition coefficient (Wildman–Crippen LogP) is 5.09. The first kappa shape index (κ1) is 26.2. The van der Waals surface area contributed by atoms with E-state index in [-0.39, 0.29) is 30.8 Å². The van der Waals surface area contributed by atoms with E-state index in [4.69, 9.17) is 13.9 Å². The minimum absolute atomic E-state index is 0.0453. The molecule has 1 N–H and O–H groups in total. The van der Waals surface area contributed by atoms with Gasteiger partial charge in [0, 0.05) is 5.69 Å². The number of hydrogen-bond donors (Lipinski definition) is 1. The van der Waals surface area contributed by atoms with Crippen molar-refractivity contribution in [2.24, 2.45) is 0 Å². The van der Waals surface area contributed by atoms with Gasteiger partial charge in [0.05, 0.1) is 31.5 Å². The molecule has 4 rings (SSSR count). The topological polar surface area (TPSA) is 88.5 Å². The molecule has 0 radical (unpaired) electrons. The van der Waals surface area contributed by atoms with E-state index < -0.39 is 26.6 Å². The number of fused-ring (bicyclic) bond motifs is 1. The van der Waals surface area contributed by atoms with Gasteiger partial charge in [0.2, 0.25) is 0 Å². The lowest BCUT2D eigenvalue weighted by molar-refractivity contribution is 0.0963. The van der Waals surface area contributed by atoms with Crippen LogP contribution in [0.1, 0.15) is 31.9 Å². The zero-order chi connectivity index (χ0) is 26.1. The lowest BCUT2D eigenvalue weighted by Crippen LogP contribution is -2.47. The smallest absolute Gasteiger partial charge is 0.414 e. The van der Waals surface area contributed by atoms with Crippen LogP contribution >= 0.6 is 0 Å². The number of aliphatic hydroxyl groups is 1. The molecule has 2 aliphatic heterocycles. The Morgan fingerprint density at radius 2 is 1.89 bits per heavy atom. The SMILES string of the molecule is CC(C)(C)[Si](C)(C)OCC1Cc2cc(N3CC(CO)OC3=O)ccc2N1C(=O)OCc1ccccc1. The lowest BCUT2D eigenvalue weighted by Gasteiger charge is -2.37. The number of hydrogen-bond acceptors (Lipinski definition) is 6. The predicted molar refractivity (Wildman–Crippen MR) is 141 cm³/mol. The highest BCUT2D eigenvalue weighted by molar-refractivity contribution is 6.74. The quantitative estimate of drug-likeness (QED) is 0.520. The van der Waals surface area contributed by atoms with Crippen LogP contribution in [-0.2, 0) is 26.9 Å². The van der Waals surface area contributed by atoms with Crippen molar-refractivity contribution in [3.05, 3.63) is 59.7 Å². The van der Waals surface area contributed by atoms with Crippen molar-refractivity contribution in [1.82, 2.24) is 0 Å². The third kappa shape index (κ3) is 5.43. The van der Waals surface area contributed by atoms with Crippen LogP contribution in [-0.4, -0.2) is 57.5 Å². The van der Waals surface area contributed by atoms with E-state index in [1.807, 2.05) is 42.5 Å². The molecular formula is C27H36N2O6Si. The van der Waals surface area contributed by atoms with Gasteiger partial charge in [-0.1, -0.05) is 51.1 Å². The van der Waals surface area contributed by atoms with Gasteiger partial charge >= 0.3 is 12.2 Å². The molecular weight excluding hydrogens is 476 g/mol. The fourth-order valence-electron chi connectivity index (χ4n) is 4.20. The highest BCUT2D eigenvalue weighted by Crippen LogP contribution is 2.40. The van der Waals surface area contributed by atoms with Crippen molar-refractivity contribution in [1.29, 1.82) is 0 Å². The van der Waals surface area contributed by atoms with E-state index in [9.17, 15) is 14.7 Å². The van der Waals surface area contributed by atoms with E-state index in [0.29, 0.717) is 18.7 Å². The summed E-state index contributed by atoms with van der Waals surface area (Å²) in [6, 6.07) is 14.9. The van der Waals surface area contributed by atoms with Gasteiger partial charge in [-0.2, -0.15) is 0 Å². The Kier molecular flexibility index (Phi) is 7.45. The first-order valence-corrected chi connectivity index (χ1v) is 15.3. The molecule has 2 aromatic carbocycles. The number of anilines is 2. The van der Waals surface area contributed by atoms with Crippen molar-refractivity contribution in [3.63, 3.8) is 0 Å². The van der Waals surface area contributed by atoms with Crippen molar-refractivity contribution < 1.29 is 28.6 Å². The normalized spacial score (nSPS) is 19.9. The Morgan fingerprint density at radius 1 is 1.17 bits per heavy atom. The molecule has 0 aliphatic carbocycles. The molecule has 9 heteroatoms. The number of carbonyl (C=O) groups is 2. The van der Waals surface area contributed by atoms with E-state index in [1.165, 1.54) is 4.90 Å². The van der Waals surface area contributed by atoms with Gasteiger partial charge in [0.15, 0.2) is 8.32 Å². The molecule has 2 unspecified atom stereocenters. The number of cyclic esters (lactones) is 1. The average molecular weight is 513 g/mol. The summed E-state index contributed by atoms with van der Waals surface area (Å²) >= 11 is 0. The summed E-state index contributed by atoms with van der Waals surface area (Å²) in [5.41, 5.74) is 3.29.